The Labute approximate surface area is 121 Å². The maximum atomic E-state index is 6.22. The quantitative estimate of drug-likeness (QED) is 0.841. The second-order valence-electron chi connectivity index (χ2n) is 6.76. The Morgan fingerprint density at radius 2 is 1.95 bits per heavy atom. The molecule has 1 atom stereocenters. The van der Waals surface area contributed by atoms with Crippen LogP contribution < -0.4 is 5.32 Å². The van der Waals surface area contributed by atoms with Crippen molar-refractivity contribution in [3.63, 3.8) is 0 Å². The van der Waals surface area contributed by atoms with Crippen LogP contribution in [0.2, 0.25) is 5.15 Å². The van der Waals surface area contributed by atoms with Gasteiger partial charge in [-0.25, -0.2) is 9.97 Å². The van der Waals surface area contributed by atoms with Gasteiger partial charge in [0.1, 0.15) is 16.8 Å². The predicted molar refractivity (Wildman–Crippen MR) is 80.9 cm³/mol. The van der Waals surface area contributed by atoms with Gasteiger partial charge in [0.15, 0.2) is 0 Å². The normalized spacial score (nSPS) is 17.4. The third-order valence-corrected chi connectivity index (χ3v) is 4.14. The first-order valence-corrected chi connectivity index (χ1v) is 7.45. The monoisotopic (exact) mass is 281 g/mol. The first-order valence-electron chi connectivity index (χ1n) is 7.07. The molecule has 0 radical (unpaired) electrons. The van der Waals surface area contributed by atoms with Crippen molar-refractivity contribution in [2.45, 2.75) is 52.9 Å². The molecule has 106 valence electrons. The maximum absolute atomic E-state index is 6.22. The Hall–Kier alpha value is -0.830. The van der Waals surface area contributed by atoms with Crippen molar-refractivity contribution >= 4 is 17.4 Å². The smallest absolute Gasteiger partial charge is 0.137 e. The van der Waals surface area contributed by atoms with E-state index in [1.807, 2.05) is 6.92 Å². The molecule has 1 aromatic heterocycles. The van der Waals surface area contributed by atoms with Crippen LogP contribution in [-0.4, -0.2) is 16.5 Å². The largest absolute Gasteiger partial charge is 0.369 e. The van der Waals surface area contributed by atoms with Gasteiger partial charge in [0.05, 0.1) is 0 Å². The molecule has 1 heterocycles. The lowest BCUT2D eigenvalue weighted by Gasteiger charge is -2.20. The fourth-order valence-corrected chi connectivity index (χ4v) is 2.26. The van der Waals surface area contributed by atoms with Crippen molar-refractivity contribution in [1.29, 1.82) is 0 Å². The molecule has 2 rings (SSSR count). The van der Waals surface area contributed by atoms with Gasteiger partial charge in [0.2, 0.25) is 0 Å². The fraction of sp³-hybridized carbons (Fsp3) is 0.733. The molecule has 0 aromatic carbocycles. The van der Waals surface area contributed by atoms with E-state index in [4.69, 9.17) is 11.6 Å². The minimum atomic E-state index is -0.0874. The molecule has 19 heavy (non-hydrogen) atoms. The van der Waals surface area contributed by atoms with Crippen molar-refractivity contribution < 1.29 is 0 Å². The van der Waals surface area contributed by atoms with Crippen LogP contribution in [0.25, 0.3) is 0 Å². The summed E-state index contributed by atoms with van der Waals surface area (Å²) in [7, 11) is 0. The Morgan fingerprint density at radius 3 is 2.47 bits per heavy atom. The van der Waals surface area contributed by atoms with E-state index >= 15 is 0 Å². The van der Waals surface area contributed by atoms with Gasteiger partial charge in [-0.15, -0.1) is 0 Å². The molecule has 0 spiro atoms. The SMILES string of the molecule is Cc1c(Cl)nc(C(C)(C)C)nc1NCC(C)C1CC1. The summed E-state index contributed by atoms with van der Waals surface area (Å²) in [5.74, 6) is 3.28. The third kappa shape index (κ3) is 3.59. The van der Waals surface area contributed by atoms with Gasteiger partial charge in [-0.3, -0.25) is 0 Å². The number of rotatable bonds is 4. The summed E-state index contributed by atoms with van der Waals surface area (Å²) in [4.78, 5) is 9.04. The minimum absolute atomic E-state index is 0.0874. The second-order valence-corrected chi connectivity index (χ2v) is 7.12. The van der Waals surface area contributed by atoms with Crippen molar-refractivity contribution in [2.24, 2.45) is 11.8 Å². The highest BCUT2D eigenvalue weighted by molar-refractivity contribution is 6.30. The second kappa shape index (κ2) is 5.28. The zero-order chi connectivity index (χ0) is 14.2. The predicted octanol–water partition coefficient (Wildman–Crippen LogP) is 4.19. The summed E-state index contributed by atoms with van der Waals surface area (Å²) >= 11 is 6.22. The fourth-order valence-electron chi connectivity index (χ4n) is 2.09. The minimum Gasteiger partial charge on any atom is -0.369 e. The number of anilines is 1. The van der Waals surface area contributed by atoms with E-state index in [-0.39, 0.29) is 5.41 Å². The molecule has 1 aliphatic carbocycles. The van der Waals surface area contributed by atoms with Crippen LogP contribution in [0.15, 0.2) is 0 Å². The molecule has 1 fully saturated rings. The highest BCUT2D eigenvalue weighted by Crippen LogP contribution is 2.36. The molecular weight excluding hydrogens is 258 g/mol. The third-order valence-electron chi connectivity index (χ3n) is 3.78. The first-order chi connectivity index (χ1) is 8.79. The van der Waals surface area contributed by atoms with E-state index in [0.29, 0.717) is 11.1 Å². The summed E-state index contributed by atoms with van der Waals surface area (Å²) in [5, 5.41) is 4.01. The summed E-state index contributed by atoms with van der Waals surface area (Å²) in [6, 6.07) is 0. The molecule has 1 aromatic rings. The van der Waals surface area contributed by atoms with Crippen molar-refractivity contribution in [2.75, 3.05) is 11.9 Å². The highest BCUT2D eigenvalue weighted by atomic mass is 35.5. The summed E-state index contributed by atoms with van der Waals surface area (Å²) in [6.45, 7) is 11.5. The number of nitrogens with one attached hydrogen (secondary N) is 1. The Morgan fingerprint density at radius 1 is 1.32 bits per heavy atom. The average Bonchev–Trinajstić information content (AvgIpc) is 3.13. The Balaban J connectivity index is 2.15. The molecule has 1 aliphatic rings. The molecule has 0 saturated heterocycles. The van der Waals surface area contributed by atoms with E-state index in [1.54, 1.807) is 0 Å². The lowest BCUT2D eigenvalue weighted by Crippen LogP contribution is -2.20. The van der Waals surface area contributed by atoms with Gasteiger partial charge in [-0.1, -0.05) is 39.3 Å². The molecule has 1 saturated carbocycles. The topological polar surface area (TPSA) is 37.8 Å². The average molecular weight is 282 g/mol. The van der Waals surface area contributed by atoms with E-state index in [9.17, 15) is 0 Å². The van der Waals surface area contributed by atoms with Crippen LogP contribution in [0.5, 0.6) is 0 Å². The van der Waals surface area contributed by atoms with Gasteiger partial charge in [-0.2, -0.15) is 0 Å². The van der Waals surface area contributed by atoms with Crippen LogP contribution in [0.4, 0.5) is 5.82 Å². The van der Waals surface area contributed by atoms with Crippen LogP contribution in [0.1, 0.15) is 51.9 Å². The van der Waals surface area contributed by atoms with E-state index in [1.165, 1.54) is 12.8 Å². The summed E-state index contributed by atoms with van der Waals surface area (Å²) < 4.78 is 0. The Kier molecular flexibility index (Phi) is 4.05. The Bertz CT molecular complexity index is 461. The van der Waals surface area contributed by atoms with Crippen LogP contribution in [0, 0.1) is 18.8 Å². The molecule has 3 nitrogen and oxygen atoms in total. The molecule has 0 bridgehead atoms. The lowest BCUT2D eigenvalue weighted by atomic mass is 9.95. The van der Waals surface area contributed by atoms with Gasteiger partial charge in [0.25, 0.3) is 0 Å². The lowest BCUT2D eigenvalue weighted by molar-refractivity contribution is 0.530. The molecule has 4 heteroatoms. The molecule has 1 unspecified atom stereocenters. The molecule has 0 amide bonds. The summed E-state index contributed by atoms with van der Waals surface area (Å²) in [5.41, 5.74) is 0.855. The van der Waals surface area contributed by atoms with E-state index < -0.39 is 0 Å². The van der Waals surface area contributed by atoms with E-state index in [2.05, 4.69) is 43.0 Å². The summed E-state index contributed by atoms with van der Waals surface area (Å²) in [6.07, 6.45) is 2.75. The van der Waals surface area contributed by atoms with Crippen molar-refractivity contribution in [3.05, 3.63) is 16.5 Å². The van der Waals surface area contributed by atoms with Crippen molar-refractivity contribution in [1.82, 2.24) is 9.97 Å². The zero-order valence-electron chi connectivity index (χ0n) is 12.5. The van der Waals surface area contributed by atoms with E-state index in [0.717, 1.165) is 29.7 Å². The van der Waals surface area contributed by atoms with Gasteiger partial charge < -0.3 is 5.32 Å². The van der Waals surface area contributed by atoms with Crippen molar-refractivity contribution in [3.8, 4) is 0 Å². The van der Waals surface area contributed by atoms with Gasteiger partial charge >= 0.3 is 0 Å². The maximum Gasteiger partial charge on any atom is 0.137 e. The molecule has 1 N–H and O–H groups in total. The standard InChI is InChI=1S/C15H24ClN3/c1-9(11-6-7-11)8-17-13-10(2)12(16)18-14(19-13)15(3,4)5/h9,11H,6-8H2,1-5H3,(H,17,18,19). The highest BCUT2D eigenvalue weighted by Gasteiger charge is 2.28. The molecular formula is C15H24ClN3. The molecule has 0 aliphatic heterocycles. The van der Waals surface area contributed by atoms with Gasteiger partial charge in [-0.05, 0) is 31.6 Å². The number of hydrogen-bond donors (Lipinski definition) is 1. The number of aromatic nitrogens is 2. The zero-order valence-corrected chi connectivity index (χ0v) is 13.3. The number of hydrogen-bond acceptors (Lipinski definition) is 3. The number of halogens is 1. The number of nitrogens with zero attached hydrogens (tertiary/aromatic N) is 2. The first kappa shape index (κ1) is 14.6. The van der Waals surface area contributed by atoms with Crippen LogP contribution >= 0.6 is 11.6 Å². The van der Waals surface area contributed by atoms with Gasteiger partial charge in [0, 0.05) is 17.5 Å². The van der Waals surface area contributed by atoms with Crippen LogP contribution in [-0.2, 0) is 5.41 Å². The van der Waals surface area contributed by atoms with Crippen LogP contribution in [0.3, 0.4) is 0 Å².